The monoisotopic (exact) mass is 352 g/mol. The highest BCUT2D eigenvalue weighted by atomic mass is 16.4. The number of rotatable bonds is 6. The van der Waals surface area contributed by atoms with E-state index in [1.807, 2.05) is 42.9 Å². The van der Waals surface area contributed by atoms with E-state index in [2.05, 4.69) is 37.8 Å². The largest absolute Gasteiger partial charge is 0.444 e. The minimum absolute atomic E-state index is 0.489. The summed E-state index contributed by atoms with van der Waals surface area (Å²) in [6, 6.07) is 10.2. The first-order valence-corrected chi connectivity index (χ1v) is 8.57. The summed E-state index contributed by atoms with van der Waals surface area (Å²) < 4.78 is 7.50. The summed E-state index contributed by atoms with van der Waals surface area (Å²) in [5.74, 6) is 2.20. The van der Waals surface area contributed by atoms with E-state index in [4.69, 9.17) is 4.42 Å². The fourth-order valence-electron chi connectivity index (χ4n) is 2.63. The molecule has 136 valence electrons. The Morgan fingerprint density at radius 1 is 1.12 bits per heavy atom. The molecular weight excluding hydrogens is 328 g/mol. The minimum atomic E-state index is 0.489. The molecule has 0 saturated heterocycles. The Bertz CT molecular complexity index is 847. The smallest absolute Gasteiger partial charge is 0.214 e. The van der Waals surface area contributed by atoms with Crippen LogP contribution in [-0.2, 0) is 19.6 Å². The van der Waals surface area contributed by atoms with Crippen molar-refractivity contribution < 1.29 is 4.42 Å². The van der Waals surface area contributed by atoms with Crippen LogP contribution in [0.3, 0.4) is 0 Å². The van der Waals surface area contributed by atoms with Gasteiger partial charge in [-0.3, -0.25) is 9.67 Å². The number of oxazole rings is 1. The van der Waals surface area contributed by atoms with Gasteiger partial charge in [0.2, 0.25) is 5.89 Å². The molecule has 7 heteroatoms. The van der Waals surface area contributed by atoms with Crippen LogP contribution in [0.15, 0.2) is 52.1 Å². The van der Waals surface area contributed by atoms with Crippen LogP contribution < -0.4 is 10.6 Å². The van der Waals surface area contributed by atoms with Gasteiger partial charge in [0.15, 0.2) is 5.96 Å². The molecule has 0 aliphatic carbocycles. The molecule has 0 bridgehead atoms. The summed E-state index contributed by atoms with van der Waals surface area (Å²) in [4.78, 5) is 8.63. The van der Waals surface area contributed by atoms with Gasteiger partial charge in [-0.2, -0.15) is 5.10 Å². The summed E-state index contributed by atoms with van der Waals surface area (Å²) in [6.07, 6.45) is 3.75. The second-order valence-electron chi connectivity index (χ2n) is 6.00. The van der Waals surface area contributed by atoms with Gasteiger partial charge in [0, 0.05) is 26.0 Å². The van der Waals surface area contributed by atoms with Crippen LogP contribution >= 0.6 is 0 Å². The highest BCUT2D eigenvalue weighted by Crippen LogP contribution is 2.10. The van der Waals surface area contributed by atoms with Gasteiger partial charge in [-0.15, -0.1) is 0 Å². The Kier molecular flexibility index (Phi) is 5.68. The van der Waals surface area contributed by atoms with Gasteiger partial charge in [0.05, 0.1) is 18.8 Å². The standard InChI is InChI=1S/C19H24N6O/c1-14-15(2)26-18(24-14)12-22-19(20-3)21-11-16-7-4-5-8-17(16)13-25-10-6-9-23-25/h4-10H,11-13H2,1-3H3,(H2,20,21,22). The second-order valence-corrected chi connectivity index (χ2v) is 6.00. The second kappa shape index (κ2) is 8.33. The minimum Gasteiger partial charge on any atom is -0.444 e. The number of hydrogen-bond acceptors (Lipinski definition) is 4. The summed E-state index contributed by atoms with van der Waals surface area (Å²) in [7, 11) is 1.75. The number of nitrogens with zero attached hydrogens (tertiary/aromatic N) is 4. The number of hydrogen-bond donors (Lipinski definition) is 2. The average molecular weight is 352 g/mol. The normalized spacial score (nSPS) is 11.6. The van der Waals surface area contributed by atoms with E-state index in [1.165, 1.54) is 11.1 Å². The summed E-state index contributed by atoms with van der Waals surface area (Å²) in [5.41, 5.74) is 3.34. The van der Waals surface area contributed by atoms with E-state index in [1.54, 1.807) is 13.2 Å². The first-order valence-electron chi connectivity index (χ1n) is 8.57. The first kappa shape index (κ1) is 17.7. The zero-order valence-electron chi connectivity index (χ0n) is 15.4. The van der Waals surface area contributed by atoms with Crippen LogP contribution in [0, 0.1) is 13.8 Å². The van der Waals surface area contributed by atoms with Gasteiger partial charge in [0.1, 0.15) is 5.76 Å². The van der Waals surface area contributed by atoms with Gasteiger partial charge >= 0.3 is 0 Å². The van der Waals surface area contributed by atoms with Gasteiger partial charge < -0.3 is 15.1 Å². The lowest BCUT2D eigenvalue weighted by atomic mass is 10.1. The maximum absolute atomic E-state index is 5.58. The van der Waals surface area contributed by atoms with Crippen LogP contribution in [0.1, 0.15) is 28.5 Å². The van der Waals surface area contributed by atoms with Crippen molar-refractivity contribution >= 4 is 5.96 Å². The van der Waals surface area contributed by atoms with Crippen molar-refractivity contribution in [3.63, 3.8) is 0 Å². The predicted octanol–water partition coefficient (Wildman–Crippen LogP) is 2.40. The topological polar surface area (TPSA) is 80.3 Å². The lowest BCUT2D eigenvalue weighted by Crippen LogP contribution is -2.36. The highest BCUT2D eigenvalue weighted by molar-refractivity contribution is 5.79. The molecule has 0 radical (unpaired) electrons. The van der Waals surface area contributed by atoms with E-state index in [0.717, 1.165) is 18.0 Å². The molecular formula is C19H24N6O. The number of nitrogens with one attached hydrogen (secondary N) is 2. The lowest BCUT2D eigenvalue weighted by Gasteiger charge is -2.13. The van der Waals surface area contributed by atoms with E-state index in [-0.39, 0.29) is 0 Å². The van der Waals surface area contributed by atoms with Gasteiger partial charge in [-0.05, 0) is 31.0 Å². The average Bonchev–Trinajstić information content (AvgIpc) is 3.26. The Balaban J connectivity index is 1.58. The molecule has 26 heavy (non-hydrogen) atoms. The third-order valence-electron chi connectivity index (χ3n) is 4.16. The van der Waals surface area contributed by atoms with Crippen LogP contribution in [0.2, 0.25) is 0 Å². The van der Waals surface area contributed by atoms with Crippen molar-refractivity contribution in [3.05, 3.63) is 71.2 Å². The zero-order valence-corrected chi connectivity index (χ0v) is 15.4. The van der Waals surface area contributed by atoms with Crippen molar-refractivity contribution in [2.75, 3.05) is 7.05 Å². The van der Waals surface area contributed by atoms with Crippen LogP contribution in [0.25, 0.3) is 0 Å². The zero-order chi connectivity index (χ0) is 18.4. The summed E-state index contributed by atoms with van der Waals surface area (Å²) in [6.45, 7) is 5.75. The van der Waals surface area contributed by atoms with E-state index < -0.39 is 0 Å². The van der Waals surface area contributed by atoms with E-state index in [0.29, 0.717) is 24.9 Å². The fourth-order valence-corrected chi connectivity index (χ4v) is 2.63. The first-order chi connectivity index (χ1) is 12.7. The molecule has 2 aromatic heterocycles. The van der Waals surface area contributed by atoms with Crippen molar-refractivity contribution in [3.8, 4) is 0 Å². The maximum Gasteiger partial charge on any atom is 0.214 e. The van der Waals surface area contributed by atoms with E-state index >= 15 is 0 Å². The van der Waals surface area contributed by atoms with Gasteiger partial charge in [-0.1, -0.05) is 24.3 Å². The molecule has 0 amide bonds. The third kappa shape index (κ3) is 4.50. The SMILES string of the molecule is CN=C(NCc1nc(C)c(C)o1)NCc1ccccc1Cn1cccn1. The van der Waals surface area contributed by atoms with Gasteiger partial charge in [-0.25, -0.2) is 4.98 Å². The molecule has 7 nitrogen and oxygen atoms in total. The molecule has 0 atom stereocenters. The molecule has 3 rings (SSSR count). The number of guanidine groups is 1. The number of aromatic nitrogens is 3. The number of benzene rings is 1. The Labute approximate surface area is 153 Å². The number of aliphatic imine (C=N–C) groups is 1. The number of aryl methyl sites for hydroxylation is 2. The Morgan fingerprint density at radius 3 is 2.54 bits per heavy atom. The molecule has 0 aliphatic rings. The highest BCUT2D eigenvalue weighted by Gasteiger charge is 2.08. The molecule has 0 unspecified atom stereocenters. The molecule has 1 aromatic carbocycles. The van der Waals surface area contributed by atoms with Crippen molar-refractivity contribution in [1.82, 2.24) is 25.4 Å². The summed E-state index contributed by atoms with van der Waals surface area (Å²) in [5, 5.41) is 10.8. The van der Waals surface area contributed by atoms with E-state index in [9.17, 15) is 0 Å². The maximum atomic E-state index is 5.58. The van der Waals surface area contributed by atoms with Crippen LogP contribution in [-0.4, -0.2) is 27.8 Å². The molecule has 2 N–H and O–H groups in total. The third-order valence-corrected chi connectivity index (χ3v) is 4.16. The van der Waals surface area contributed by atoms with Crippen molar-refractivity contribution in [1.29, 1.82) is 0 Å². The Hall–Kier alpha value is -3.09. The molecule has 0 aliphatic heterocycles. The summed E-state index contributed by atoms with van der Waals surface area (Å²) >= 11 is 0. The molecule has 2 heterocycles. The van der Waals surface area contributed by atoms with Crippen molar-refractivity contribution in [2.24, 2.45) is 4.99 Å². The molecule has 0 saturated carbocycles. The quantitative estimate of drug-likeness (QED) is 0.526. The van der Waals surface area contributed by atoms with Crippen molar-refractivity contribution in [2.45, 2.75) is 33.5 Å². The van der Waals surface area contributed by atoms with Gasteiger partial charge in [0.25, 0.3) is 0 Å². The molecule has 3 aromatic rings. The molecule has 0 spiro atoms. The molecule has 0 fully saturated rings. The lowest BCUT2D eigenvalue weighted by molar-refractivity contribution is 0.463. The van der Waals surface area contributed by atoms with Crippen LogP contribution in [0.4, 0.5) is 0 Å². The Morgan fingerprint density at radius 2 is 1.88 bits per heavy atom. The van der Waals surface area contributed by atoms with Crippen LogP contribution in [0.5, 0.6) is 0 Å². The fraction of sp³-hybridized carbons (Fsp3) is 0.316. The predicted molar refractivity (Wildman–Crippen MR) is 101 cm³/mol.